The Kier molecular flexibility index (Phi) is 7.88. The van der Waals surface area contributed by atoms with Gasteiger partial charge in [-0.25, -0.2) is 0 Å². The number of nitrogens with zero attached hydrogens (tertiary/aromatic N) is 2. The van der Waals surface area contributed by atoms with E-state index in [1.54, 1.807) is 0 Å². The summed E-state index contributed by atoms with van der Waals surface area (Å²) < 4.78 is 5.90. The van der Waals surface area contributed by atoms with Crippen LogP contribution in [-0.2, 0) is 4.74 Å². The van der Waals surface area contributed by atoms with Gasteiger partial charge in [0.05, 0.1) is 18.8 Å². The monoisotopic (exact) mass is 348 g/mol. The molecule has 1 fully saturated rings. The van der Waals surface area contributed by atoms with Gasteiger partial charge in [0.25, 0.3) is 5.91 Å². The lowest BCUT2D eigenvalue weighted by atomic mass is 10.1. The third-order valence-corrected chi connectivity index (χ3v) is 4.48. The number of β-amino-alcohol motifs (C(OH)–C–C–N with tert-alkyl or cyclic N) is 1. The molecule has 140 valence electrons. The van der Waals surface area contributed by atoms with Crippen molar-refractivity contribution in [3.8, 4) is 0 Å². The van der Waals surface area contributed by atoms with E-state index in [9.17, 15) is 9.90 Å². The minimum absolute atomic E-state index is 0.00998. The summed E-state index contributed by atoms with van der Waals surface area (Å²) in [7, 11) is 0. The van der Waals surface area contributed by atoms with Crippen LogP contribution < -0.4 is 0 Å². The smallest absolute Gasteiger partial charge is 0.253 e. The number of aliphatic hydroxyl groups is 1. The van der Waals surface area contributed by atoms with Crippen LogP contribution in [0.4, 0.5) is 0 Å². The highest BCUT2D eigenvalue weighted by molar-refractivity contribution is 5.94. The zero-order valence-electron chi connectivity index (χ0n) is 15.7. The molecule has 1 N–H and O–H groups in total. The lowest BCUT2D eigenvalue weighted by Gasteiger charge is -2.37. The molecule has 0 bridgehead atoms. The molecule has 0 unspecified atom stereocenters. The molecule has 25 heavy (non-hydrogen) atoms. The van der Waals surface area contributed by atoms with E-state index >= 15 is 0 Å². The maximum atomic E-state index is 12.9. The fraction of sp³-hybridized carbons (Fsp3) is 0.650. The number of aliphatic hydroxyl groups excluding tert-OH is 1. The van der Waals surface area contributed by atoms with Crippen LogP contribution in [0.25, 0.3) is 0 Å². The Morgan fingerprint density at radius 1 is 1.36 bits per heavy atom. The highest BCUT2D eigenvalue weighted by atomic mass is 16.5. The Hall–Kier alpha value is -1.43. The Morgan fingerprint density at radius 3 is 2.72 bits per heavy atom. The molecule has 5 nitrogen and oxygen atoms in total. The summed E-state index contributed by atoms with van der Waals surface area (Å²) in [6.07, 6.45) is 0.453. The van der Waals surface area contributed by atoms with Gasteiger partial charge in [0.15, 0.2) is 0 Å². The number of carbonyl (C=O) groups excluding carboxylic acids is 1. The fourth-order valence-corrected chi connectivity index (χ4v) is 3.17. The second kappa shape index (κ2) is 9.90. The fourth-order valence-electron chi connectivity index (χ4n) is 3.17. The average molecular weight is 348 g/mol. The predicted molar refractivity (Wildman–Crippen MR) is 99.7 cm³/mol. The van der Waals surface area contributed by atoms with Gasteiger partial charge in [-0.3, -0.25) is 9.69 Å². The second-order valence-corrected chi connectivity index (χ2v) is 7.28. The van der Waals surface area contributed by atoms with Gasteiger partial charge in [-0.2, -0.15) is 0 Å². The highest BCUT2D eigenvalue weighted by Gasteiger charge is 2.26. The van der Waals surface area contributed by atoms with Gasteiger partial charge in [0.2, 0.25) is 0 Å². The van der Waals surface area contributed by atoms with Crippen molar-refractivity contribution in [2.45, 2.75) is 39.4 Å². The van der Waals surface area contributed by atoms with E-state index in [2.05, 4.69) is 18.7 Å². The van der Waals surface area contributed by atoms with Crippen molar-refractivity contribution in [2.24, 2.45) is 5.92 Å². The van der Waals surface area contributed by atoms with Crippen LogP contribution in [0.2, 0.25) is 0 Å². The van der Waals surface area contributed by atoms with E-state index < -0.39 is 0 Å². The van der Waals surface area contributed by atoms with Gasteiger partial charge < -0.3 is 14.7 Å². The lowest BCUT2D eigenvalue weighted by molar-refractivity contribution is -0.0513. The normalized spacial score (nSPS) is 19.8. The number of rotatable bonds is 8. The van der Waals surface area contributed by atoms with Crippen LogP contribution in [0.15, 0.2) is 30.3 Å². The number of benzene rings is 1. The first-order chi connectivity index (χ1) is 12.0. The number of morpholine rings is 1. The average Bonchev–Trinajstić information content (AvgIpc) is 2.61. The molecular weight excluding hydrogens is 316 g/mol. The van der Waals surface area contributed by atoms with E-state index in [1.165, 1.54) is 0 Å². The maximum absolute atomic E-state index is 12.9. The van der Waals surface area contributed by atoms with Gasteiger partial charge in [-0.05, 0) is 24.5 Å². The molecule has 1 aliphatic rings. The zero-order valence-corrected chi connectivity index (χ0v) is 15.7. The van der Waals surface area contributed by atoms with Gasteiger partial charge in [0, 0.05) is 38.3 Å². The molecule has 1 heterocycles. The van der Waals surface area contributed by atoms with Crippen LogP contribution in [0.3, 0.4) is 0 Å². The topological polar surface area (TPSA) is 53.0 Å². The number of ether oxygens (including phenoxy) is 1. The highest BCUT2D eigenvalue weighted by Crippen LogP contribution is 2.13. The van der Waals surface area contributed by atoms with Crippen molar-refractivity contribution >= 4 is 5.91 Å². The third-order valence-electron chi connectivity index (χ3n) is 4.48. The Bertz CT molecular complexity index is 521. The van der Waals surface area contributed by atoms with Gasteiger partial charge in [-0.15, -0.1) is 0 Å². The lowest BCUT2D eigenvalue weighted by Crippen LogP contribution is -2.50. The van der Waals surface area contributed by atoms with Gasteiger partial charge in [0.1, 0.15) is 0 Å². The molecule has 0 radical (unpaired) electrons. The molecule has 0 aromatic heterocycles. The molecule has 1 saturated heterocycles. The summed E-state index contributed by atoms with van der Waals surface area (Å²) in [6.45, 7) is 10.5. The first-order valence-electron chi connectivity index (χ1n) is 9.36. The second-order valence-electron chi connectivity index (χ2n) is 7.28. The van der Waals surface area contributed by atoms with E-state index in [-0.39, 0.29) is 18.1 Å². The molecule has 1 amide bonds. The maximum Gasteiger partial charge on any atom is 0.253 e. The standard InChI is InChI=1S/C20H32N2O3/c1-4-18(23)13-21-10-11-25-19(14-21)15-22(12-16(2)3)20(24)17-8-6-5-7-9-17/h5-9,16,18-19,23H,4,10-15H2,1-3H3/t18-,19-/m0/s1. The van der Waals surface area contributed by atoms with E-state index in [0.29, 0.717) is 32.2 Å². The van der Waals surface area contributed by atoms with Crippen LogP contribution in [0, 0.1) is 5.92 Å². The largest absolute Gasteiger partial charge is 0.392 e. The third kappa shape index (κ3) is 6.42. The summed E-state index contributed by atoms with van der Waals surface area (Å²) in [5, 5.41) is 9.89. The molecule has 1 aromatic rings. The Labute approximate surface area is 151 Å². The summed E-state index contributed by atoms with van der Waals surface area (Å²) >= 11 is 0. The first kappa shape index (κ1) is 19.9. The number of amides is 1. The van der Waals surface area contributed by atoms with Crippen molar-refractivity contribution in [1.29, 1.82) is 0 Å². The summed E-state index contributed by atoms with van der Waals surface area (Å²) in [6, 6.07) is 9.44. The van der Waals surface area contributed by atoms with Crippen molar-refractivity contribution in [3.05, 3.63) is 35.9 Å². The number of hydrogen-bond donors (Lipinski definition) is 1. The van der Waals surface area contributed by atoms with Crippen LogP contribution >= 0.6 is 0 Å². The van der Waals surface area contributed by atoms with E-state index in [0.717, 1.165) is 25.1 Å². The minimum Gasteiger partial charge on any atom is -0.392 e. The van der Waals surface area contributed by atoms with Crippen molar-refractivity contribution < 1.29 is 14.6 Å². The SMILES string of the molecule is CC[C@H](O)CN1CCO[C@H](CN(CC(C)C)C(=O)c2ccccc2)C1. The summed E-state index contributed by atoms with van der Waals surface area (Å²) in [5.41, 5.74) is 0.720. The van der Waals surface area contributed by atoms with E-state index in [4.69, 9.17) is 4.74 Å². The van der Waals surface area contributed by atoms with Crippen LogP contribution in [-0.4, -0.2) is 72.4 Å². The molecule has 5 heteroatoms. The minimum atomic E-state index is -0.295. The van der Waals surface area contributed by atoms with Crippen molar-refractivity contribution in [2.75, 3.05) is 39.3 Å². The predicted octanol–water partition coefficient (Wildman–Crippen LogP) is 2.26. The molecule has 2 rings (SSSR count). The number of hydrogen-bond acceptors (Lipinski definition) is 4. The Balaban J connectivity index is 2.00. The first-order valence-corrected chi connectivity index (χ1v) is 9.36. The van der Waals surface area contributed by atoms with Crippen molar-refractivity contribution in [1.82, 2.24) is 9.80 Å². The summed E-state index contributed by atoms with van der Waals surface area (Å²) in [5.74, 6) is 0.456. The van der Waals surface area contributed by atoms with Crippen molar-refractivity contribution in [3.63, 3.8) is 0 Å². The molecule has 0 saturated carbocycles. The number of carbonyl (C=O) groups is 1. The molecule has 1 aromatic carbocycles. The zero-order chi connectivity index (χ0) is 18.2. The van der Waals surface area contributed by atoms with E-state index in [1.807, 2.05) is 42.2 Å². The molecule has 0 spiro atoms. The van der Waals surface area contributed by atoms with Gasteiger partial charge in [-0.1, -0.05) is 39.0 Å². The van der Waals surface area contributed by atoms with Crippen LogP contribution in [0.5, 0.6) is 0 Å². The van der Waals surface area contributed by atoms with Gasteiger partial charge >= 0.3 is 0 Å². The summed E-state index contributed by atoms with van der Waals surface area (Å²) in [4.78, 5) is 17.0. The molecule has 1 aliphatic heterocycles. The molecule has 2 atom stereocenters. The molecular formula is C20H32N2O3. The Morgan fingerprint density at radius 2 is 2.08 bits per heavy atom. The molecule has 0 aliphatic carbocycles. The van der Waals surface area contributed by atoms with Crippen LogP contribution in [0.1, 0.15) is 37.6 Å². The quantitative estimate of drug-likeness (QED) is 0.783.